The maximum atomic E-state index is 5.99. The van der Waals surface area contributed by atoms with Crippen LogP contribution in [0.5, 0.6) is 0 Å². The Bertz CT molecular complexity index is 722. The molecule has 2 N–H and O–H groups in total. The number of nitrogens with two attached hydrogens (primary N) is 1. The van der Waals surface area contributed by atoms with Gasteiger partial charge in [0.05, 0.1) is 5.69 Å². The molecule has 0 fully saturated rings. The van der Waals surface area contributed by atoms with Gasteiger partial charge in [0.2, 0.25) is 0 Å². The third-order valence-electron chi connectivity index (χ3n) is 2.98. The average molecular weight is 236 g/mol. The van der Waals surface area contributed by atoms with Gasteiger partial charge in [0.1, 0.15) is 5.82 Å². The Balaban J connectivity index is 2.28. The fraction of sp³-hybridized carbons (Fsp3) is 0.0714. The van der Waals surface area contributed by atoms with Crippen molar-refractivity contribution in [3.8, 4) is 11.3 Å². The van der Waals surface area contributed by atoms with Crippen molar-refractivity contribution in [3.63, 3.8) is 0 Å². The molecule has 4 heteroatoms. The normalized spacial score (nSPS) is 10.7. The van der Waals surface area contributed by atoms with E-state index in [1.165, 1.54) is 0 Å². The van der Waals surface area contributed by atoms with Crippen molar-refractivity contribution in [3.05, 3.63) is 48.5 Å². The third-order valence-corrected chi connectivity index (χ3v) is 2.98. The Morgan fingerprint density at radius 3 is 2.67 bits per heavy atom. The second-order valence-corrected chi connectivity index (χ2v) is 4.18. The lowest BCUT2D eigenvalue weighted by atomic mass is 10.1. The zero-order chi connectivity index (χ0) is 12.5. The van der Waals surface area contributed by atoms with Gasteiger partial charge in [0, 0.05) is 41.1 Å². The predicted octanol–water partition coefficient (Wildman–Crippen LogP) is 2.58. The summed E-state index contributed by atoms with van der Waals surface area (Å²) in [6.07, 6.45) is 7.09. The highest BCUT2D eigenvalue weighted by Gasteiger charge is 2.07. The molecule has 0 aliphatic heterocycles. The molecule has 0 radical (unpaired) electrons. The molecule has 0 unspecified atom stereocenters. The summed E-state index contributed by atoms with van der Waals surface area (Å²) in [5.41, 5.74) is 8.94. The zero-order valence-electron chi connectivity index (χ0n) is 9.96. The van der Waals surface area contributed by atoms with E-state index in [0.717, 1.165) is 27.6 Å². The van der Waals surface area contributed by atoms with Crippen LogP contribution in [0.3, 0.4) is 0 Å². The molecular formula is C14H12N4. The van der Waals surface area contributed by atoms with E-state index in [4.69, 9.17) is 5.73 Å². The monoisotopic (exact) mass is 236 g/mol. The number of pyridine rings is 3. The molecule has 3 heterocycles. The lowest BCUT2D eigenvalue weighted by Crippen LogP contribution is -1.96. The number of nitrogen functional groups attached to an aromatic ring is 1. The molecule has 0 saturated heterocycles. The number of hydrogen-bond acceptors (Lipinski definition) is 4. The van der Waals surface area contributed by atoms with Crippen molar-refractivity contribution in [2.24, 2.45) is 0 Å². The van der Waals surface area contributed by atoms with Crippen LogP contribution in [0, 0.1) is 6.92 Å². The Labute approximate surface area is 105 Å². The van der Waals surface area contributed by atoms with Crippen molar-refractivity contribution in [1.29, 1.82) is 0 Å². The van der Waals surface area contributed by atoms with E-state index < -0.39 is 0 Å². The standard InChI is InChI=1S/C14H12N4/c1-9-2-4-17-8-12(9)13-6-10-7-16-5-3-11(10)14(15)18-13/h2-8H,1H3,(H2,15,18). The van der Waals surface area contributed by atoms with E-state index in [1.807, 2.05) is 25.1 Å². The fourth-order valence-corrected chi connectivity index (χ4v) is 1.99. The lowest BCUT2D eigenvalue weighted by molar-refractivity contribution is 1.25. The van der Waals surface area contributed by atoms with Gasteiger partial charge < -0.3 is 5.73 Å². The van der Waals surface area contributed by atoms with Crippen LogP contribution in [0.25, 0.3) is 22.0 Å². The number of aromatic nitrogens is 3. The van der Waals surface area contributed by atoms with Gasteiger partial charge in [-0.1, -0.05) is 0 Å². The van der Waals surface area contributed by atoms with Crippen LogP contribution in [0.15, 0.2) is 43.0 Å². The summed E-state index contributed by atoms with van der Waals surface area (Å²) in [7, 11) is 0. The van der Waals surface area contributed by atoms with Crippen LogP contribution < -0.4 is 5.73 Å². The minimum atomic E-state index is 0.521. The first kappa shape index (κ1) is 10.7. The summed E-state index contributed by atoms with van der Waals surface area (Å²) in [4.78, 5) is 12.7. The molecule has 4 nitrogen and oxygen atoms in total. The maximum Gasteiger partial charge on any atom is 0.132 e. The smallest absolute Gasteiger partial charge is 0.132 e. The first-order chi connectivity index (χ1) is 8.75. The number of hydrogen-bond donors (Lipinski definition) is 1. The van der Waals surface area contributed by atoms with Gasteiger partial charge in [-0.25, -0.2) is 4.98 Å². The molecule has 0 bridgehead atoms. The van der Waals surface area contributed by atoms with Crippen LogP contribution in [0.1, 0.15) is 5.56 Å². The van der Waals surface area contributed by atoms with Crippen molar-refractivity contribution < 1.29 is 0 Å². The number of aryl methyl sites for hydroxylation is 1. The molecule has 0 aliphatic rings. The highest BCUT2D eigenvalue weighted by Crippen LogP contribution is 2.26. The fourth-order valence-electron chi connectivity index (χ4n) is 1.99. The largest absolute Gasteiger partial charge is 0.383 e. The first-order valence-corrected chi connectivity index (χ1v) is 5.67. The molecule has 3 aromatic rings. The minimum absolute atomic E-state index is 0.521. The Kier molecular flexibility index (Phi) is 2.41. The molecular weight excluding hydrogens is 224 g/mol. The Hall–Kier alpha value is -2.49. The van der Waals surface area contributed by atoms with Gasteiger partial charge in [0.15, 0.2) is 0 Å². The van der Waals surface area contributed by atoms with E-state index in [0.29, 0.717) is 5.82 Å². The Morgan fingerprint density at radius 2 is 1.83 bits per heavy atom. The van der Waals surface area contributed by atoms with Crippen LogP contribution in [0.4, 0.5) is 5.82 Å². The van der Waals surface area contributed by atoms with Gasteiger partial charge in [-0.05, 0) is 30.7 Å². The van der Waals surface area contributed by atoms with Crippen LogP contribution in [0.2, 0.25) is 0 Å². The van der Waals surface area contributed by atoms with Gasteiger partial charge in [-0.15, -0.1) is 0 Å². The molecule has 0 amide bonds. The maximum absolute atomic E-state index is 5.99. The van der Waals surface area contributed by atoms with Crippen LogP contribution in [-0.4, -0.2) is 15.0 Å². The third kappa shape index (κ3) is 1.68. The van der Waals surface area contributed by atoms with Crippen LogP contribution in [-0.2, 0) is 0 Å². The summed E-state index contributed by atoms with van der Waals surface area (Å²) >= 11 is 0. The van der Waals surface area contributed by atoms with E-state index >= 15 is 0 Å². The molecule has 0 spiro atoms. The average Bonchev–Trinajstić information content (AvgIpc) is 2.39. The summed E-state index contributed by atoms with van der Waals surface area (Å²) in [5, 5.41) is 1.92. The van der Waals surface area contributed by atoms with E-state index in [2.05, 4.69) is 15.0 Å². The van der Waals surface area contributed by atoms with Crippen molar-refractivity contribution in [2.75, 3.05) is 5.73 Å². The first-order valence-electron chi connectivity index (χ1n) is 5.67. The summed E-state index contributed by atoms with van der Waals surface area (Å²) in [6.45, 7) is 2.03. The highest BCUT2D eigenvalue weighted by molar-refractivity contribution is 5.93. The van der Waals surface area contributed by atoms with E-state index in [9.17, 15) is 0 Å². The van der Waals surface area contributed by atoms with Gasteiger partial charge >= 0.3 is 0 Å². The Morgan fingerprint density at radius 1 is 1.06 bits per heavy atom. The summed E-state index contributed by atoms with van der Waals surface area (Å²) < 4.78 is 0. The second-order valence-electron chi connectivity index (χ2n) is 4.18. The molecule has 88 valence electrons. The molecule has 0 saturated carbocycles. The molecule has 3 rings (SSSR count). The van der Waals surface area contributed by atoms with Crippen molar-refractivity contribution >= 4 is 16.6 Å². The van der Waals surface area contributed by atoms with Gasteiger partial charge in [0.25, 0.3) is 0 Å². The van der Waals surface area contributed by atoms with Gasteiger partial charge in [-0.2, -0.15) is 0 Å². The van der Waals surface area contributed by atoms with E-state index in [1.54, 1.807) is 24.8 Å². The quantitative estimate of drug-likeness (QED) is 0.705. The number of nitrogens with zero attached hydrogens (tertiary/aromatic N) is 3. The molecule has 3 aromatic heterocycles. The van der Waals surface area contributed by atoms with Crippen LogP contribution >= 0.6 is 0 Å². The van der Waals surface area contributed by atoms with Gasteiger partial charge in [-0.3, -0.25) is 9.97 Å². The second kappa shape index (κ2) is 4.07. The summed E-state index contributed by atoms with van der Waals surface area (Å²) in [5.74, 6) is 0.521. The predicted molar refractivity (Wildman–Crippen MR) is 71.9 cm³/mol. The minimum Gasteiger partial charge on any atom is -0.383 e. The topological polar surface area (TPSA) is 64.7 Å². The molecule has 18 heavy (non-hydrogen) atoms. The van der Waals surface area contributed by atoms with E-state index in [-0.39, 0.29) is 0 Å². The SMILES string of the molecule is Cc1ccncc1-c1cc2cnccc2c(N)n1. The highest BCUT2D eigenvalue weighted by atomic mass is 14.8. The van der Waals surface area contributed by atoms with Crippen molar-refractivity contribution in [2.45, 2.75) is 6.92 Å². The van der Waals surface area contributed by atoms with Crippen molar-refractivity contribution in [1.82, 2.24) is 15.0 Å². The summed E-state index contributed by atoms with van der Waals surface area (Å²) in [6, 6.07) is 5.82. The number of anilines is 1. The molecule has 0 atom stereocenters. The lowest BCUT2D eigenvalue weighted by Gasteiger charge is -2.07. The number of fused-ring (bicyclic) bond motifs is 1. The molecule has 0 aromatic carbocycles. The zero-order valence-corrected chi connectivity index (χ0v) is 9.96. The molecule has 0 aliphatic carbocycles. The number of rotatable bonds is 1.